The van der Waals surface area contributed by atoms with Crippen LogP contribution < -0.4 is 0 Å². The van der Waals surface area contributed by atoms with Crippen LogP contribution >= 0.6 is 0 Å². The largest absolute Gasteiger partial charge is 0.298 e. The maximum absolute atomic E-state index is 4.48. The van der Waals surface area contributed by atoms with Crippen LogP contribution in [0.15, 0.2) is 17.6 Å². The van der Waals surface area contributed by atoms with E-state index < -0.39 is 8.07 Å². The van der Waals surface area contributed by atoms with Crippen molar-refractivity contribution in [1.82, 2.24) is 0 Å². The van der Waals surface area contributed by atoms with Crippen molar-refractivity contribution in [3.05, 3.63) is 12.7 Å². The molecule has 0 atom stereocenters. The van der Waals surface area contributed by atoms with Gasteiger partial charge in [-0.05, 0) is 25.1 Å². The first kappa shape index (κ1) is 15.6. The summed E-state index contributed by atoms with van der Waals surface area (Å²) in [6.45, 7) is 12.0. The molecular formula is C14H29NSi. The molecule has 0 bridgehead atoms. The number of nitrogens with zero attached hydrogens (tertiary/aromatic N) is 1. The quantitative estimate of drug-likeness (QED) is 0.222. The Morgan fingerprint density at radius 3 is 2.56 bits per heavy atom. The molecule has 0 aromatic carbocycles. The first-order chi connectivity index (χ1) is 7.62. The van der Waals surface area contributed by atoms with Gasteiger partial charge >= 0.3 is 0 Å². The minimum absolute atomic E-state index is 0.994. The van der Waals surface area contributed by atoms with Crippen LogP contribution in [0.5, 0.6) is 0 Å². The maximum atomic E-state index is 4.48. The Hall–Kier alpha value is -0.373. The van der Waals surface area contributed by atoms with Crippen molar-refractivity contribution in [2.24, 2.45) is 4.99 Å². The smallest absolute Gasteiger partial charge is 0.0514 e. The van der Waals surface area contributed by atoms with E-state index in [0.29, 0.717) is 0 Å². The first-order valence-corrected chi connectivity index (χ1v) is 10.1. The van der Waals surface area contributed by atoms with Gasteiger partial charge in [0.05, 0.1) is 8.07 Å². The van der Waals surface area contributed by atoms with E-state index in [0.717, 1.165) is 6.54 Å². The van der Waals surface area contributed by atoms with Gasteiger partial charge in [-0.15, -0.1) is 6.58 Å². The highest BCUT2D eigenvalue weighted by atomic mass is 28.3. The third kappa shape index (κ3) is 10.2. The molecule has 0 aliphatic rings. The number of rotatable bonds is 10. The molecule has 0 aliphatic heterocycles. The fourth-order valence-electron chi connectivity index (χ4n) is 1.76. The fraction of sp³-hybridized carbons (Fsp3) is 0.786. The lowest BCUT2D eigenvalue weighted by atomic mass is 10.2. The third-order valence-electron chi connectivity index (χ3n) is 2.92. The van der Waals surface area contributed by atoms with Crippen molar-refractivity contribution in [2.75, 3.05) is 6.54 Å². The summed E-state index contributed by atoms with van der Waals surface area (Å²) in [5.41, 5.74) is 0. The zero-order valence-corrected chi connectivity index (χ0v) is 12.5. The van der Waals surface area contributed by atoms with Gasteiger partial charge in [0.25, 0.3) is 0 Å². The second kappa shape index (κ2) is 9.82. The zero-order chi connectivity index (χ0) is 12.3. The molecule has 2 heteroatoms. The van der Waals surface area contributed by atoms with Crippen LogP contribution in [0, 0.1) is 0 Å². The van der Waals surface area contributed by atoms with Crippen molar-refractivity contribution in [3.63, 3.8) is 0 Å². The lowest BCUT2D eigenvalue weighted by molar-refractivity contribution is 0.675. The van der Waals surface area contributed by atoms with Crippen molar-refractivity contribution in [3.8, 4) is 0 Å². The van der Waals surface area contributed by atoms with Gasteiger partial charge in [-0.3, -0.25) is 4.99 Å². The molecule has 0 heterocycles. The normalized spacial score (nSPS) is 12.2. The molecule has 0 spiro atoms. The average Bonchev–Trinajstić information content (AvgIpc) is 2.22. The maximum Gasteiger partial charge on any atom is 0.0514 e. The zero-order valence-electron chi connectivity index (χ0n) is 11.5. The monoisotopic (exact) mass is 239 g/mol. The Morgan fingerprint density at radius 1 is 1.19 bits per heavy atom. The van der Waals surface area contributed by atoms with E-state index in [-0.39, 0.29) is 0 Å². The van der Waals surface area contributed by atoms with E-state index in [2.05, 4.69) is 43.9 Å². The molecule has 0 unspecified atom stereocenters. The summed E-state index contributed by atoms with van der Waals surface area (Å²) in [5.74, 6) is 0. The minimum Gasteiger partial charge on any atom is -0.298 e. The molecule has 0 saturated carbocycles. The molecule has 94 valence electrons. The number of unbranched alkanes of at least 4 members (excludes halogenated alkanes) is 3. The van der Waals surface area contributed by atoms with Gasteiger partial charge in [-0.25, -0.2) is 0 Å². The van der Waals surface area contributed by atoms with E-state index in [1.54, 1.807) is 0 Å². The first-order valence-electron chi connectivity index (χ1n) is 6.71. The molecule has 0 saturated heterocycles. The summed E-state index contributed by atoms with van der Waals surface area (Å²) in [5, 5.41) is 0. The van der Waals surface area contributed by atoms with Crippen LogP contribution in [0.1, 0.15) is 39.0 Å². The van der Waals surface area contributed by atoms with Crippen molar-refractivity contribution in [1.29, 1.82) is 0 Å². The number of hydrogen-bond acceptors (Lipinski definition) is 1. The molecular weight excluding hydrogens is 210 g/mol. The van der Waals surface area contributed by atoms with Gasteiger partial charge in [-0.2, -0.15) is 0 Å². The van der Waals surface area contributed by atoms with Crippen LogP contribution in [0.2, 0.25) is 25.2 Å². The standard InChI is InChI=1S/C14H29NSi/c1-5-7-8-9-11-15-12-10-14-16(3,4)13-6-2/h6,12H,2,5,7-11,13-14H2,1,3-4H3. The summed E-state index contributed by atoms with van der Waals surface area (Å²) in [6, 6.07) is 2.58. The van der Waals surface area contributed by atoms with E-state index in [1.807, 2.05) is 0 Å². The highest BCUT2D eigenvalue weighted by Gasteiger charge is 2.16. The summed E-state index contributed by atoms with van der Waals surface area (Å²) in [4.78, 5) is 4.48. The molecule has 0 radical (unpaired) electrons. The van der Waals surface area contributed by atoms with Crippen molar-refractivity contribution in [2.45, 2.75) is 64.2 Å². The van der Waals surface area contributed by atoms with E-state index >= 15 is 0 Å². The predicted octanol–water partition coefficient (Wildman–Crippen LogP) is 4.92. The molecule has 16 heavy (non-hydrogen) atoms. The van der Waals surface area contributed by atoms with Gasteiger partial charge in [0.15, 0.2) is 0 Å². The Morgan fingerprint density at radius 2 is 1.94 bits per heavy atom. The van der Waals surface area contributed by atoms with Crippen LogP contribution in [-0.4, -0.2) is 20.8 Å². The van der Waals surface area contributed by atoms with Crippen LogP contribution in [0.25, 0.3) is 0 Å². The highest BCUT2D eigenvalue weighted by Crippen LogP contribution is 2.16. The number of aliphatic imine (C=N–C) groups is 1. The van der Waals surface area contributed by atoms with Gasteiger partial charge in [0, 0.05) is 6.54 Å². The lowest BCUT2D eigenvalue weighted by Gasteiger charge is -2.18. The lowest BCUT2D eigenvalue weighted by Crippen LogP contribution is -2.23. The molecule has 0 aromatic rings. The second-order valence-corrected chi connectivity index (χ2v) is 10.6. The molecule has 0 rings (SSSR count). The molecule has 0 N–H and O–H groups in total. The molecule has 0 fully saturated rings. The van der Waals surface area contributed by atoms with Crippen molar-refractivity contribution >= 4 is 14.3 Å². The Balaban J connectivity index is 3.43. The summed E-state index contributed by atoms with van der Waals surface area (Å²) in [6.07, 6.45) is 10.7. The molecule has 0 aromatic heterocycles. The van der Waals surface area contributed by atoms with Gasteiger partial charge in [-0.1, -0.05) is 51.4 Å². The molecule has 0 amide bonds. The van der Waals surface area contributed by atoms with Gasteiger partial charge in [0.2, 0.25) is 0 Å². The summed E-state index contributed by atoms with van der Waals surface area (Å²) in [7, 11) is -0.994. The highest BCUT2D eigenvalue weighted by molar-refractivity contribution is 6.77. The van der Waals surface area contributed by atoms with Crippen LogP contribution in [-0.2, 0) is 0 Å². The Bertz CT molecular complexity index is 197. The SMILES string of the molecule is C=CC[Si](C)(C)CCC=NCCCCCC. The third-order valence-corrected chi connectivity index (χ3v) is 5.95. The van der Waals surface area contributed by atoms with Crippen LogP contribution in [0.4, 0.5) is 0 Å². The average molecular weight is 239 g/mol. The van der Waals surface area contributed by atoms with Crippen LogP contribution in [0.3, 0.4) is 0 Å². The van der Waals surface area contributed by atoms with Crippen molar-refractivity contribution < 1.29 is 0 Å². The number of allylic oxidation sites excluding steroid dienone is 1. The van der Waals surface area contributed by atoms with E-state index in [9.17, 15) is 0 Å². The second-order valence-electron chi connectivity index (χ2n) is 5.35. The Labute approximate surface area is 103 Å². The fourth-order valence-corrected chi connectivity index (χ4v) is 3.66. The topological polar surface area (TPSA) is 12.4 Å². The van der Waals surface area contributed by atoms with E-state index in [4.69, 9.17) is 0 Å². The summed E-state index contributed by atoms with van der Waals surface area (Å²) >= 11 is 0. The van der Waals surface area contributed by atoms with Gasteiger partial charge < -0.3 is 0 Å². The molecule has 1 nitrogen and oxygen atoms in total. The number of hydrogen-bond donors (Lipinski definition) is 0. The van der Waals surface area contributed by atoms with E-state index in [1.165, 1.54) is 44.2 Å². The predicted molar refractivity (Wildman–Crippen MR) is 79.4 cm³/mol. The minimum atomic E-state index is -0.994. The summed E-state index contributed by atoms with van der Waals surface area (Å²) < 4.78 is 0. The van der Waals surface area contributed by atoms with Gasteiger partial charge in [0.1, 0.15) is 0 Å². The molecule has 0 aliphatic carbocycles. The Kier molecular flexibility index (Phi) is 9.60.